The zero-order chi connectivity index (χ0) is 4.41. The van der Waals surface area contributed by atoms with E-state index in [0.29, 0.717) is 0 Å². The SMILES string of the molecule is CC1=CC[C-]=C1.[Co]. The third-order valence-corrected chi connectivity index (χ3v) is 0.872. The minimum absolute atomic E-state index is 0. The molecule has 1 heteroatoms. The Hall–Kier alpha value is -0.0135. The van der Waals surface area contributed by atoms with Crippen molar-refractivity contribution in [3.05, 3.63) is 23.8 Å². The van der Waals surface area contributed by atoms with Crippen LogP contribution in [0.2, 0.25) is 0 Å². The van der Waals surface area contributed by atoms with Crippen molar-refractivity contribution in [1.29, 1.82) is 0 Å². The minimum Gasteiger partial charge on any atom is -0.273 e. The molecule has 0 nitrogen and oxygen atoms in total. The Balaban J connectivity index is 0.000000360. The van der Waals surface area contributed by atoms with Gasteiger partial charge in [-0.2, -0.15) is 6.08 Å². The quantitative estimate of drug-likeness (QED) is 0.447. The van der Waals surface area contributed by atoms with E-state index in [1.807, 2.05) is 6.08 Å². The Morgan fingerprint density at radius 3 is 2.57 bits per heavy atom. The molecule has 0 aliphatic heterocycles. The van der Waals surface area contributed by atoms with Crippen LogP contribution in [0.3, 0.4) is 0 Å². The molecule has 0 fully saturated rings. The van der Waals surface area contributed by atoms with Crippen LogP contribution in [0, 0.1) is 6.08 Å². The summed E-state index contributed by atoms with van der Waals surface area (Å²) in [4.78, 5) is 0. The minimum atomic E-state index is 0. The Morgan fingerprint density at radius 1 is 1.71 bits per heavy atom. The molecular weight excluding hydrogens is 131 g/mol. The monoisotopic (exact) mass is 138 g/mol. The van der Waals surface area contributed by atoms with Gasteiger partial charge >= 0.3 is 0 Å². The zero-order valence-electron chi connectivity index (χ0n) is 4.20. The fourth-order valence-corrected chi connectivity index (χ4v) is 0.499. The zero-order valence-corrected chi connectivity index (χ0v) is 5.24. The van der Waals surface area contributed by atoms with Gasteiger partial charge in [0.05, 0.1) is 0 Å². The molecule has 41 valence electrons. The summed E-state index contributed by atoms with van der Waals surface area (Å²) < 4.78 is 0. The van der Waals surface area contributed by atoms with Crippen LogP contribution in [0.25, 0.3) is 0 Å². The third-order valence-electron chi connectivity index (χ3n) is 0.872. The van der Waals surface area contributed by atoms with Gasteiger partial charge in [0.15, 0.2) is 0 Å². The number of hydrogen-bond acceptors (Lipinski definition) is 0. The van der Waals surface area contributed by atoms with Crippen molar-refractivity contribution in [2.45, 2.75) is 13.3 Å². The summed E-state index contributed by atoms with van der Waals surface area (Å²) in [5, 5.41) is 0. The van der Waals surface area contributed by atoms with Gasteiger partial charge in [0, 0.05) is 16.8 Å². The average molecular weight is 138 g/mol. The first-order valence-corrected chi connectivity index (χ1v) is 2.13. The van der Waals surface area contributed by atoms with Crippen LogP contribution in [-0.2, 0) is 16.8 Å². The molecule has 0 amide bonds. The summed E-state index contributed by atoms with van der Waals surface area (Å²) in [5.41, 5.74) is 1.34. The smallest absolute Gasteiger partial charge is 0 e. The summed E-state index contributed by atoms with van der Waals surface area (Å²) >= 11 is 0. The Bertz CT molecular complexity index is 98.0. The largest absolute Gasteiger partial charge is 0.273 e. The first kappa shape index (κ1) is 6.99. The van der Waals surface area contributed by atoms with Crippen molar-refractivity contribution >= 4 is 0 Å². The molecule has 0 saturated carbocycles. The maximum Gasteiger partial charge on any atom is 0 e. The van der Waals surface area contributed by atoms with E-state index in [1.165, 1.54) is 5.57 Å². The van der Waals surface area contributed by atoms with Crippen LogP contribution in [-0.4, -0.2) is 0 Å². The molecule has 0 aromatic carbocycles. The van der Waals surface area contributed by atoms with Crippen LogP contribution in [0.4, 0.5) is 0 Å². The second-order valence-corrected chi connectivity index (χ2v) is 1.50. The molecule has 1 radical (unpaired) electrons. The van der Waals surface area contributed by atoms with Gasteiger partial charge in [-0.3, -0.25) is 6.08 Å². The van der Waals surface area contributed by atoms with E-state index in [9.17, 15) is 0 Å². The third kappa shape index (κ3) is 1.95. The standard InChI is InChI=1S/C6H7.Co/c1-6-4-2-3-5-6;/h4-5H,2H2,1H3;/q-1;. The molecule has 0 heterocycles. The fraction of sp³-hybridized carbons (Fsp3) is 0.333. The van der Waals surface area contributed by atoms with Crippen molar-refractivity contribution in [3.63, 3.8) is 0 Å². The predicted octanol–water partition coefficient (Wildman–Crippen LogP) is 1.69. The van der Waals surface area contributed by atoms with E-state index in [-0.39, 0.29) is 16.8 Å². The van der Waals surface area contributed by atoms with Crippen LogP contribution >= 0.6 is 0 Å². The van der Waals surface area contributed by atoms with Crippen molar-refractivity contribution < 1.29 is 16.8 Å². The van der Waals surface area contributed by atoms with Crippen LogP contribution in [0.1, 0.15) is 13.3 Å². The molecule has 0 aromatic rings. The second-order valence-electron chi connectivity index (χ2n) is 1.50. The molecule has 0 atom stereocenters. The number of allylic oxidation sites excluding steroid dienone is 4. The Kier molecular flexibility index (Phi) is 3.04. The normalized spacial score (nSPS) is 15.9. The van der Waals surface area contributed by atoms with Crippen molar-refractivity contribution in [3.8, 4) is 0 Å². The topological polar surface area (TPSA) is 0 Å². The second kappa shape index (κ2) is 3.05. The van der Waals surface area contributed by atoms with Crippen LogP contribution in [0.15, 0.2) is 17.7 Å². The van der Waals surface area contributed by atoms with Crippen molar-refractivity contribution in [1.82, 2.24) is 0 Å². The van der Waals surface area contributed by atoms with Crippen molar-refractivity contribution in [2.24, 2.45) is 0 Å². The number of rotatable bonds is 0. The first-order chi connectivity index (χ1) is 2.89. The molecule has 7 heavy (non-hydrogen) atoms. The van der Waals surface area contributed by atoms with E-state index in [1.54, 1.807) is 0 Å². The van der Waals surface area contributed by atoms with Gasteiger partial charge in [0.1, 0.15) is 0 Å². The molecule has 1 rings (SSSR count). The van der Waals surface area contributed by atoms with E-state index in [0.717, 1.165) is 6.42 Å². The molecule has 0 unspecified atom stereocenters. The molecule has 1 aliphatic rings. The predicted molar refractivity (Wildman–Crippen MR) is 26.2 cm³/mol. The van der Waals surface area contributed by atoms with Crippen LogP contribution < -0.4 is 0 Å². The molecule has 0 saturated heterocycles. The summed E-state index contributed by atoms with van der Waals surface area (Å²) in [6.45, 7) is 2.08. The molecule has 1 aliphatic carbocycles. The average Bonchev–Trinajstić information content (AvgIpc) is 1.86. The van der Waals surface area contributed by atoms with Gasteiger partial charge in [-0.1, -0.05) is 0 Å². The van der Waals surface area contributed by atoms with Gasteiger partial charge < -0.3 is 0 Å². The molecule has 0 bridgehead atoms. The van der Waals surface area contributed by atoms with Gasteiger partial charge in [-0.15, -0.1) is 13.3 Å². The number of hydrogen-bond donors (Lipinski definition) is 0. The molecular formula is C6H7Co-. The summed E-state index contributed by atoms with van der Waals surface area (Å²) in [6, 6.07) is 0. The molecule has 0 N–H and O–H groups in total. The van der Waals surface area contributed by atoms with E-state index in [4.69, 9.17) is 0 Å². The van der Waals surface area contributed by atoms with Gasteiger partial charge in [0.25, 0.3) is 0 Å². The summed E-state index contributed by atoms with van der Waals surface area (Å²) in [7, 11) is 0. The Labute approximate surface area is 54.5 Å². The van der Waals surface area contributed by atoms with Gasteiger partial charge in [-0.05, 0) is 0 Å². The molecule has 0 aromatic heterocycles. The maximum absolute atomic E-state index is 3.05. The van der Waals surface area contributed by atoms with Crippen LogP contribution in [0.5, 0.6) is 0 Å². The summed E-state index contributed by atoms with van der Waals surface area (Å²) in [6.07, 6.45) is 8.24. The Morgan fingerprint density at radius 2 is 2.43 bits per heavy atom. The van der Waals surface area contributed by atoms with Gasteiger partial charge in [0.2, 0.25) is 0 Å². The maximum atomic E-state index is 3.05. The fourth-order valence-electron chi connectivity index (χ4n) is 0.499. The van der Waals surface area contributed by atoms with E-state index >= 15 is 0 Å². The first-order valence-electron chi connectivity index (χ1n) is 2.13. The molecule has 0 spiro atoms. The van der Waals surface area contributed by atoms with E-state index in [2.05, 4.69) is 19.1 Å². The summed E-state index contributed by atoms with van der Waals surface area (Å²) in [5.74, 6) is 0. The van der Waals surface area contributed by atoms with Gasteiger partial charge in [-0.25, -0.2) is 11.6 Å². The van der Waals surface area contributed by atoms with Crippen molar-refractivity contribution in [2.75, 3.05) is 0 Å². The van der Waals surface area contributed by atoms with E-state index < -0.39 is 0 Å².